The Bertz CT molecular complexity index is 2160. The summed E-state index contributed by atoms with van der Waals surface area (Å²) in [5.74, 6) is 0.530. The van der Waals surface area contributed by atoms with Crippen LogP contribution in [-0.4, -0.2) is 37.1 Å². The molecule has 310 valence electrons. The number of esters is 2. The number of allylic oxidation sites excluding steroid dienone is 1. The molecular formula is C50H55IO8. The predicted molar refractivity (Wildman–Crippen MR) is 240 cm³/mol. The zero-order valence-corrected chi connectivity index (χ0v) is 37.2. The van der Waals surface area contributed by atoms with Crippen molar-refractivity contribution in [1.82, 2.24) is 0 Å². The number of rotatable bonds is 19. The van der Waals surface area contributed by atoms with Crippen LogP contribution in [0.1, 0.15) is 106 Å². The molecule has 0 spiro atoms. The molecule has 5 aromatic carbocycles. The van der Waals surface area contributed by atoms with E-state index in [9.17, 15) is 14.7 Å². The SMILES string of the molecule is CCC(CC(/C(C)=C(\C)C(=O)OC(C)(C)c1ccccc1)c1ccc(O)cc1)c1ccc(OCOCCOc2ccc(I)cc2C(=O)OC(C)(C)c2ccccc2)cc1. The number of carbonyl (C=O) groups excluding carboxylic acids is 2. The number of carbonyl (C=O) groups is 2. The highest BCUT2D eigenvalue weighted by Gasteiger charge is 2.30. The lowest BCUT2D eigenvalue weighted by molar-refractivity contribution is -0.152. The van der Waals surface area contributed by atoms with E-state index in [0.717, 1.165) is 44.2 Å². The van der Waals surface area contributed by atoms with Gasteiger partial charge in [0.25, 0.3) is 0 Å². The quantitative estimate of drug-likeness (QED) is 0.0287. The van der Waals surface area contributed by atoms with Crippen LogP contribution in [0.2, 0.25) is 0 Å². The Hall–Kier alpha value is -5.13. The third-order valence-corrected chi connectivity index (χ3v) is 11.3. The van der Waals surface area contributed by atoms with E-state index in [0.29, 0.717) is 22.6 Å². The number of phenols is 1. The van der Waals surface area contributed by atoms with Crippen LogP contribution in [0.15, 0.2) is 139 Å². The van der Waals surface area contributed by atoms with Crippen molar-refractivity contribution in [3.05, 3.63) is 170 Å². The van der Waals surface area contributed by atoms with E-state index < -0.39 is 17.2 Å². The first-order valence-electron chi connectivity index (χ1n) is 20.0. The minimum Gasteiger partial charge on any atom is -0.508 e. The summed E-state index contributed by atoms with van der Waals surface area (Å²) in [4.78, 5) is 26.9. The van der Waals surface area contributed by atoms with Crippen LogP contribution in [0.4, 0.5) is 0 Å². The molecule has 5 rings (SSSR count). The van der Waals surface area contributed by atoms with Gasteiger partial charge in [0.15, 0.2) is 6.79 Å². The van der Waals surface area contributed by atoms with E-state index >= 15 is 0 Å². The van der Waals surface area contributed by atoms with Crippen LogP contribution < -0.4 is 9.47 Å². The fraction of sp³-hybridized carbons (Fsp3) is 0.320. The molecular weight excluding hydrogens is 855 g/mol. The summed E-state index contributed by atoms with van der Waals surface area (Å²) < 4.78 is 30.5. The van der Waals surface area contributed by atoms with E-state index in [2.05, 4.69) is 41.6 Å². The molecule has 1 N–H and O–H groups in total. The second-order valence-electron chi connectivity index (χ2n) is 15.6. The van der Waals surface area contributed by atoms with Gasteiger partial charge in [-0.25, -0.2) is 9.59 Å². The monoisotopic (exact) mass is 910 g/mol. The summed E-state index contributed by atoms with van der Waals surface area (Å²) in [6.45, 7) is 14.0. The highest BCUT2D eigenvalue weighted by Crippen LogP contribution is 2.39. The lowest BCUT2D eigenvalue weighted by atomic mass is 9.79. The van der Waals surface area contributed by atoms with Gasteiger partial charge in [0.2, 0.25) is 0 Å². The minimum absolute atomic E-state index is 0.0239. The van der Waals surface area contributed by atoms with Gasteiger partial charge in [-0.2, -0.15) is 0 Å². The lowest BCUT2D eigenvalue weighted by Crippen LogP contribution is -2.26. The van der Waals surface area contributed by atoms with Crippen molar-refractivity contribution in [2.75, 3.05) is 20.0 Å². The fourth-order valence-electron chi connectivity index (χ4n) is 6.91. The Morgan fingerprint density at radius 3 is 1.86 bits per heavy atom. The summed E-state index contributed by atoms with van der Waals surface area (Å²) in [5.41, 5.74) is 4.20. The van der Waals surface area contributed by atoms with Gasteiger partial charge in [0, 0.05) is 15.1 Å². The van der Waals surface area contributed by atoms with Gasteiger partial charge in [0.05, 0.1) is 6.61 Å². The molecule has 0 aliphatic heterocycles. The molecule has 0 saturated carbocycles. The fourth-order valence-corrected chi connectivity index (χ4v) is 7.40. The molecule has 0 heterocycles. The summed E-state index contributed by atoms with van der Waals surface area (Å²) in [5, 5.41) is 10.1. The Morgan fingerprint density at radius 2 is 1.27 bits per heavy atom. The molecule has 9 heteroatoms. The zero-order valence-electron chi connectivity index (χ0n) is 35.0. The standard InChI is InChI=1S/C50H55IO8/c1-8-36(31-44(38-19-24-42(52)25-20-38)34(2)35(3)47(53)58-49(4,5)39-15-11-9-12-16-39)37-21-26-43(27-22-37)57-33-55-29-30-56-46-28-23-41(51)32-45(46)48(54)59-50(6,7)40-17-13-10-14-18-40/h9-28,32,36,44,52H,8,29-31,33H2,1-7H3/b35-34+. The van der Waals surface area contributed by atoms with Crippen molar-refractivity contribution in [2.24, 2.45) is 0 Å². The number of hydrogen-bond donors (Lipinski definition) is 1. The molecule has 59 heavy (non-hydrogen) atoms. The maximum absolute atomic E-state index is 13.6. The summed E-state index contributed by atoms with van der Waals surface area (Å²) >= 11 is 2.16. The molecule has 2 atom stereocenters. The van der Waals surface area contributed by atoms with E-state index in [4.69, 9.17) is 23.7 Å². The number of ether oxygens (including phenoxy) is 5. The van der Waals surface area contributed by atoms with Crippen molar-refractivity contribution < 1.29 is 38.4 Å². The van der Waals surface area contributed by atoms with Gasteiger partial charge < -0.3 is 28.8 Å². The molecule has 0 fully saturated rings. The van der Waals surface area contributed by atoms with E-state index in [1.165, 1.54) is 0 Å². The van der Waals surface area contributed by atoms with Crippen LogP contribution >= 0.6 is 22.6 Å². The molecule has 0 aromatic heterocycles. The lowest BCUT2D eigenvalue weighted by Gasteiger charge is -2.28. The van der Waals surface area contributed by atoms with Gasteiger partial charge in [-0.15, -0.1) is 0 Å². The molecule has 2 unspecified atom stereocenters. The van der Waals surface area contributed by atoms with Gasteiger partial charge in [-0.3, -0.25) is 0 Å². The molecule has 0 amide bonds. The Balaban J connectivity index is 1.17. The Morgan fingerprint density at radius 1 is 0.695 bits per heavy atom. The third-order valence-electron chi connectivity index (χ3n) is 10.7. The van der Waals surface area contributed by atoms with Crippen LogP contribution in [0.5, 0.6) is 17.2 Å². The minimum atomic E-state index is -0.823. The summed E-state index contributed by atoms with van der Waals surface area (Å²) in [6, 6.07) is 40.0. The highest BCUT2D eigenvalue weighted by atomic mass is 127. The average Bonchev–Trinajstić information content (AvgIpc) is 3.23. The van der Waals surface area contributed by atoms with E-state index in [-0.39, 0.29) is 43.6 Å². The van der Waals surface area contributed by atoms with Crippen molar-refractivity contribution in [3.63, 3.8) is 0 Å². The van der Waals surface area contributed by atoms with Crippen molar-refractivity contribution >= 4 is 34.5 Å². The van der Waals surface area contributed by atoms with Crippen LogP contribution in [-0.2, 0) is 30.2 Å². The highest BCUT2D eigenvalue weighted by molar-refractivity contribution is 14.1. The molecule has 0 bridgehead atoms. The molecule has 5 aromatic rings. The first-order chi connectivity index (χ1) is 28.2. The smallest absolute Gasteiger partial charge is 0.342 e. The maximum Gasteiger partial charge on any atom is 0.342 e. The second-order valence-corrected chi connectivity index (χ2v) is 16.8. The molecule has 8 nitrogen and oxygen atoms in total. The van der Waals surface area contributed by atoms with Crippen LogP contribution in [0.25, 0.3) is 0 Å². The predicted octanol–water partition coefficient (Wildman–Crippen LogP) is 12.0. The first-order valence-corrected chi connectivity index (χ1v) is 21.0. The van der Waals surface area contributed by atoms with Gasteiger partial charge in [-0.1, -0.05) is 97.4 Å². The topological polar surface area (TPSA) is 101 Å². The maximum atomic E-state index is 13.6. The van der Waals surface area contributed by atoms with Gasteiger partial charge in [-0.05, 0) is 148 Å². The molecule has 0 saturated heterocycles. The number of halogens is 1. The zero-order chi connectivity index (χ0) is 42.6. The first kappa shape index (κ1) is 45.0. The van der Waals surface area contributed by atoms with Crippen molar-refractivity contribution in [3.8, 4) is 17.2 Å². The van der Waals surface area contributed by atoms with E-state index in [1.807, 2.05) is 133 Å². The largest absolute Gasteiger partial charge is 0.508 e. The number of hydrogen-bond acceptors (Lipinski definition) is 8. The molecule has 0 radical (unpaired) electrons. The average molecular weight is 911 g/mol. The van der Waals surface area contributed by atoms with Crippen molar-refractivity contribution in [1.29, 1.82) is 0 Å². The summed E-state index contributed by atoms with van der Waals surface area (Å²) in [7, 11) is 0. The molecule has 0 aliphatic rings. The van der Waals surface area contributed by atoms with E-state index in [1.54, 1.807) is 24.3 Å². The molecule has 0 aliphatic carbocycles. The Labute approximate surface area is 362 Å². The van der Waals surface area contributed by atoms with Crippen LogP contribution in [0, 0.1) is 3.57 Å². The van der Waals surface area contributed by atoms with Crippen molar-refractivity contribution in [2.45, 2.75) is 84.3 Å². The third kappa shape index (κ3) is 12.4. The number of phenolic OH excluding ortho intramolecular Hbond substituents is 1. The van der Waals surface area contributed by atoms with Gasteiger partial charge in [0.1, 0.15) is 40.6 Å². The summed E-state index contributed by atoms with van der Waals surface area (Å²) in [6.07, 6.45) is 1.62. The normalized spacial score (nSPS) is 13.2. The Kier molecular flexibility index (Phi) is 15.8. The number of aromatic hydroxyl groups is 1. The van der Waals surface area contributed by atoms with Gasteiger partial charge >= 0.3 is 11.9 Å². The van der Waals surface area contributed by atoms with Crippen LogP contribution in [0.3, 0.4) is 0 Å². The second kappa shape index (κ2) is 20.7. The number of benzene rings is 5.